The van der Waals surface area contributed by atoms with Crippen LogP contribution in [0.5, 0.6) is 0 Å². The van der Waals surface area contributed by atoms with Gasteiger partial charge in [0.15, 0.2) is 0 Å². The summed E-state index contributed by atoms with van der Waals surface area (Å²) in [5.41, 5.74) is 3.43. The minimum atomic E-state index is -0.220. The third-order valence-electron chi connectivity index (χ3n) is 5.52. The van der Waals surface area contributed by atoms with E-state index in [1.165, 1.54) is 0 Å². The molecule has 1 aromatic carbocycles. The van der Waals surface area contributed by atoms with Gasteiger partial charge in [-0.05, 0) is 42.3 Å². The Morgan fingerprint density at radius 2 is 1.84 bits per heavy atom. The molecule has 1 fully saturated rings. The third-order valence-corrected chi connectivity index (χ3v) is 6.34. The molecule has 1 amide bonds. The van der Waals surface area contributed by atoms with E-state index < -0.39 is 0 Å². The molecule has 1 aliphatic heterocycles. The molecule has 7 nitrogen and oxygen atoms in total. The lowest BCUT2D eigenvalue weighted by Crippen LogP contribution is -2.44. The van der Waals surface area contributed by atoms with Crippen molar-refractivity contribution < 1.29 is 4.79 Å². The van der Waals surface area contributed by atoms with Crippen LogP contribution in [0, 0.1) is 0 Å². The van der Waals surface area contributed by atoms with E-state index >= 15 is 0 Å². The van der Waals surface area contributed by atoms with Crippen LogP contribution in [-0.4, -0.2) is 59.0 Å². The minimum Gasteiger partial charge on any atom is -0.354 e. The number of aromatic nitrogens is 3. The van der Waals surface area contributed by atoms with Crippen LogP contribution < -0.4 is 10.2 Å². The van der Waals surface area contributed by atoms with Gasteiger partial charge in [-0.1, -0.05) is 12.1 Å². The highest BCUT2D eigenvalue weighted by Gasteiger charge is 2.16. The largest absolute Gasteiger partial charge is 0.354 e. The molecule has 3 aromatic heterocycles. The van der Waals surface area contributed by atoms with Gasteiger partial charge in [0.25, 0.3) is 5.91 Å². The number of pyridine rings is 2. The van der Waals surface area contributed by atoms with Crippen molar-refractivity contribution in [2.24, 2.45) is 0 Å². The van der Waals surface area contributed by atoms with Crippen LogP contribution in [0.15, 0.2) is 60.5 Å². The minimum absolute atomic E-state index is 0.220. The lowest BCUT2D eigenvalue weighted by molar-refractivity contribution is 0.102. The van der Waals surface area contributed by atoms with Crippen molar-refractivity contribution in [3.8, 4) is 10.4 Å². The molecule has 4 aromatic rings. The van der Waals surface area contributed by atoms with Gasteiger partial charge >= 0.3 is 0 Å². The third kappa shape index (κ3) is 4.26. The Morgan fingerprint density at radius 1 is 0.968 bits per heavy atom. The zero-order valence-electron chi connectivity index (χ0n) is 17.2. The molecule has 0 aliphatic carbocycles. The number of anilines is 2. The number of carbonyl (C=O) groups excluding carboxylic acids is 1. The van der Waals surface area contributed by atoms with Crippen LogP contribution >= 0.6 is 11.3 Å². The van der Waals surface area contributed by atoms with E-state index in [2.05, 4.69) is 49.2 Å². The molecular formula is C23H22N6OS. The Bertz CT molecular complexity index is 1200. The molecule has 1 aliphatic rings. The fourth-order valence-electron chi connectivity index (χ4n) is 3.65. The Morgan fingerprint density at radius 3 is 2.58 bits per heavy atom. The number of rotatable bonds is 4. The van der Waals surface area contributed by atoms with E-state index in [9.17, 15) is 4.79 Å². The van der Waals surface area contributed by atoms with Crippen LogP contribution in [0.25, 0.3) is 21.2 Å². The Balaban J connectivity index is 1.31. The number of amides is 1. The first kappa shape index (κ1) is 19.6. The fourth-order valence-corrected chi connectivity index (χ4v) is 4.27. The van der Waals surface area contributed by atoms with Gasteiger partial charge in [-0.2, -0.15) is 0 Å². The molecule has 8 heteroatoms. The number of nitrogens with zero attached hydrogens (tertiary/aromatic N) is 5. The molecule has 4 heterocycles. The van der Waals surface area contributed by atoms with Crippen LogP contribution in [-0.2, 0) is 0 Å². The SMILES string of the molecule is CN1CCN(c2ccc(C(=O)Nc3cc4cc(-c5cncs5)ccc4cn3)cn2)CC1. The number of thiazole rings is 1. The van der Waals surface area contributed by atoms with Gasteiger partial charge in [-0.15, -0.1) is 11.3 Å². The number of carbonyl (C=O) groups is 1. The summed E-state index contributed by atoms with van der Waals surface area (Å²) in [6.45, 7) is 3.92. The number of piperazine rings is 1. The highest BCUT2D eigenvalue weighted by molar-refractivity contribution is 7.13. The molecule has 0 atom stereocenters. The molecule has 156 valence electrons. The summed E-state index contributed by atoms with van der Waals surface area (Å²) >= 11 is 1.60. The van der Waals surface area contributed by atoms with E-state index in [0.29, 0.717) is 11.4 Å². The van der Waals surface area contributed by atoms with Gasteiger partial charge in [-0.25, -0.2) is 9.97 Å². The van der Waals surface area contributed by atoms with E-state index in [-0.39, 0.29) is 5.91 Å². The van der Waals surface area contributed by atoms with Crippen molar-refractivity contribution in [3.05, 3.63) is 66.1 Å². The van der Waals surface area contributed by atoms with Gasteiger partial charge in [0.05, 0.1) is 16.0 Å². The van der Waals surface area contributed by atoms with Crippen LogP contribution in [0.4, 0.5) is 11.6 Å². The van der Waals surface area contributed by atoms with Crippen molar-refractivity contribution in [2.45, 2.75) is 0 Å². The molecule has 31 heavy (non-hydrogen) atoms. The monoisotopic (exact) mass is 430 g/mol. The second-order valence-electron chi connectivity index (χ2n) is 7.65. The van der Waals surface area contributed by atoms with Gasteiger partial charge < -0.3 is 15.1 Å². The molecular weight excluding hydrogens is 408 g/mol. The first-order valence-electron chi connectivity index (χ1n) is 10.2. The average molecular weight is 431 g/mol. The molecule has 0 radical (unpaired) electrons. The number of hydrogen-bond acceptors (Lipinski definition) is 7. The number of benzene rings is 1. The van der Waals surface area contributed by atoms with E-state index in [1.54, 1.807) is 23.7 Å². The summed E-state index contributed by atoms with van der Waals surface area (Å²) < 4.78 is 0. The second-order valence-corrected chi connectivity index (χ2v) is 8.53. The number of fused-ring (bicyclic) bond motifs is 1. The maximum Gasteiger partial charge on any atom is 0.258 e. The van der Waals surface area contributed by atoms with E-state index in [1.807, 2.05) is 36.0 Å². The van der Waals surface area contributed by atoms with Crippen molar-refractivity contribution in [2.75, 3.05) is 43.4 Å². The van der Waals surface area contributed by atoms with Crippen LogP contribution in [0.2, 0.25) is 0 Å². The second kappa shape index (κ2) is 8.41. The standard InChI is InChI=1S/C23H22N6OS/c1-28-6-8-29(9-7-28)22-5-4-18(13-26-22)23(30)27-21-11-19-10-16(20-14-24-15-31-20)2-3-17(19)12-25-21/h2-5,10-15H,6-9H2,1H3,(H,25,27,30). The van der Waals surface area contributed by atoms with Crippen molar-refractivity contribution in [1.29, 1.82) is 0 Å². The van der Waals surface area contributed by atoms with Crippen molar-refractivity contribution in [3.63, 3.8) is 0 Å². The smallest absolute Gasteiger partial charge is 0.258 e. The highest BCUT2D eigenvalue weighted by atomic mass is 32.1. The van der Waals surface area contributed by atoms with Crippen molar-refractivity contribution >= 4 is 39.7 Å². The summed E-state index contributed by atoms with van der Waals surface area (Å²) in [6.07, 6.45) is 5.26. The quantitative estimate of drug-likeness (QED) is 0.531. The van der Waals surface area contributed by atoms with E-state index in [0.717, 1.165) is 53.2 Å². The van der Waals surface area contributed by atoms with Gasteiger partial charge in [0.1, 0.15) is 11.6 Å². The summed E-state index contributed by atoms with van der Waals surface area (Å²) in [7, 11) is 2.12. The summed E-state index contributed by atoms with van der Waals surface area (Å²) in [5, 5.41) is 4.92. The Hall–Kier alpha value is -3.36. The molecule has 0 saturated carbocycles. The average Bonchev–Trinajstić information content (AvgIpc) is 3.34. The maximum atomic E-state index is 12.7. The number of hydrogen-bond donors (Lipinski definition) is 1. The van der Waals surface area contributed by atoms with Gasteiger partial charge in [0, 0.05) is 50.2 Å². The predicted molar refractivity (Wildman–Crippen MR) is 125 cm³/mol. The number of likely N-dealkylation sites (N-methyl/N-ethyl adjacent to an activating group) is 1. The molecule has 1 saturated heterocycles. The van der Waals surface area contributed by atoms with Crippen molar-refractivity contribution in [1.82, 2.24) is 19.9 Å². The van der Waals surface area contributed by atoms with Crippen LogP contribution in [0.1, 0.15) is 10.4 Å². The predicted octanol–water partition coefficient (Wildman–Crippen LogP) is 3.76. The summed E-state index contributed by atoms with van der Waals surface area (Å²) in [6, 6.07) is 11.8. The number of nitrogens with one attached hydrogen (secondary N) is 1. The summed E-state index contributed by atoms with van der Waals surface area (Å²) in [5.74, 6) is 1.20. The van der Waals surface area contributed by atoms with Gasteiger partial charge in [0.2, 0.25) is 0 Å². The lowest BCUT2D eigenvalue weighted by atomic mass is 10.1. The first-order valence-corrected chi connectivity index (χ1v) is 11.0. The molecule has 1 N–H and O–H groups in total. The molecule has 0 spiro atoms. The molecule has 0 unspecified atom stereocenters. The zero-order valence-corrected chi connectivity index (χ0v) is 18.0. The van der Waals surface area contributed by atoms with Gasteiger partial charge in [-0.3, -0.25) is 9.78 Å². The zero-order chi connectivity index (χ0) is 21.2. The summed E-state index contributed by atoms with van der Waals surface area (Å²) in [4.78, 5) is 31.4. The normalized spacial score (nSPS) is 14.7. The Labute approximate surface area is 184 Å². The fraction of sp³-hybridized carbons (Fsp3) is 0.217. The lowest BCUT2D eigenvalue weighted by Gasteiger charge is -2.33. The highest BCUT2D eigenvalue weighted by Crippen LogP contribution is 2.27. The van der Waals surface area contributed by atoms with E-state index in [4.69, 9.17) is 0 Å². The molecule has 0 bridgehead atoms. The van der Waals surface area contributed by atoms with Crippen LogP contribution in [0.3, 0.4) is 0 Å². The first-order chi connectivity index (χ1) is 15.2. The maximum absolute atomic E-state index is 12.7. The topological polar surface area (TPSA) is 74.2 Å². The Kier molecular flexibility index (Phi) is 5.31. The molecule has 5 rings (SSSR count).